The van der Waals surface area contributed by atoms with Crippen LogP contribution in [0.1, 0.15) is 16.8 Å². The summed E-state index contributed by atoms with van der Waals surface area (Å²) in [6.45, 7) is 2.10. The van der Waals surface area contributed by atoms with Gasteiger partial charge in [0, 0.05) is 69.8 Å². The third-order valence-corrected chi connectivity index (χ3v) is 8.11. The smallest absolute Gasteiger partial charge is 0.404 e. The first-order valence-electron chi connectivity index (χ1n) is 11.8. The highest BCUT2D eigenvalue weighted by atomic mass is 32.2. The lowest BCUT2D eigenvalue weighted by atomic mass is 10.1. The summed E-state index contributed by atoms with van der Waals surface area (Å²) in [7, 11) is -0.845. The number of rotatable bonds is 9. The highest BCUT2D eigenvalue weighted by molar-refractivity contribution is 7.89. The lowest BCUT2D eigenvalue weighted by Gasteiger charge is -2.32. The number of alkyl halides is 3. The van der Waals surface area contributed by atoms with Gasteiger partial charge in [0.2, 0.25) is 10.0 Å². The number of carbonyl (C=O) groups is 1. The Morgan fingerprint density at radius 2 is 1.89 bits per heavy atom. The molecule has 1 amide bonds. The van der Waals surface area contributed by atoms with Crippen LogP contribution in [0.25, 0.3) is 22.2 Å². The molecule has 4 rings (SSSR count). The summed E-state index contributed by atoms with van der Waals surface area (Å²) >= 11 is 0. The van der Waals surface area contributed by atoms with Crippen LogP contribution in [-0.2, 0) is 14.8 Å². The Kier molecular flexibility index (Phi) is 8.25. The number of sulfonamides is 1. The normalized spacial score (nSPS) is 15.6. The predicted octanol–water partition coefficient (Wildman–Crippen LogP) is 2.83. The van der Waals surface area contributed by atoms with Crippen molar-refractivity contribution < 1.29 is 35.9 Å². The molecule has 206 valence electrons. The molecule has 38 heavy (non-hydrogen) atoms. The molecule has 1 saturated heterocycles. The van der Waals surface area contributed by atoms with Crippen LogP contribution in [0.4, 0.5) is 13.2 Å². The molecule has 0 bridgehead atoms. The van der Waals surface area contributed by atoms with E-state index in [2.05, 4.69) is 20.0 Å². The van der Waals surface area contributed by atoms with E-state index in [1.807, 2.05) is 11.9 Å². The maximum atomic E-state index is 13.3. The lowest BCUT2D eigenvalue weighted by molar-refractivity contribution is -0.275. The van der Waals surface area contributed by atoms with Gasteiger partial charge >= 0.3 is 6.36 Å². The predicted molar refractivity (Wildman–Crippen MR) is 133 cm³/mol. The zero-order valence-electron chi connectivity index (χ0n) is 20.8. The topological polar surface area (TPSA) is 117 Å². The van der Waals surface area contributed by atoms with Gasteiger partial charge in [0.05, 0.1) is 5.56 Å². The van der Waals surface area contributed by atoms with Crippen LogP contribution in [0.15, 0.2) is 41.6 Å². The van der Waals surface area contributed by atoms with Crippen molar-refractivity contribution in [2.45, 2.75) is 17.7 Å². The molecule has 2 N–H and O–H groups in total. The van der Waals surface area contributed by atoms with Crippen molar-refractivity contribution in [3.63, 3.8) is 0 Å². The molecule has 0 radical (unpaired) electrons. The van der Waals surface area contributed by atoms with Gasteiger partial charge in [-0.2, -0.15) is 4.31 Å². The molecule has 10 nitrogen and oxygen atoms in total. The van der Waals surface area contributed by atoms with Gasteiger partial charge in [0.1, 0.15) is 16.3 Å². The molecule has 1 aromatic carbocycles. The van der Waals surface area contributed by atoms with Crippen LogP contribution in [0.3, 0.4) is 0 Å². The Labute approximate surface area is 217 Å². The van der Waals surface area contributed by atoms with Gasteiger partial charge in [0.15, 0.2) is 0 Å². The summed E-state index contributed by atoms with van der Waals surface area (Å²) in [5.74, 6) is -1.18. The van der Waals surface area contributed by atoms with Gasteiger partial charge in [-0.3, -0.25) is 4.79 Å². The largest absolute Gasteiger partial charge is 0.573 e. The van der Waals surface area contributed by atoms with Crippen molar-refractivity contribution in [1.29, 1.82) is 0 Å². The van der Waals surface area contributed by atoms with E-state index in [1.165, 1.54) is 18.5 Å². The maximum absolute atomic E-state index is 13.3. The van der Waals surface area contributed by atoms with Crippen molar-refractivity contribution in [2.24, 2.45) is 0 Å². The number of nitrogens with one attached hydrogen (secondary N) is 2. The first kappa shape index (κ1) is 27.8. The molecule has 1 aliphatic heterocycles. The fourth-order valence-electron chi connectivity index (χ4n) is 4.14. The number of aromatic nitrogens is 2. The number of fused-ring (bicyclic) bond motifs is 1. The van der Waals surface area contributed by atoms with E-state index in [4.69, 9.17) is 4.74 Å². The Bertz CT molecular complexity index is 1400. The zero-order valence-corrected chi connectivity index (χ0v) is 21.7. The molecule has 3 aromatic rings. The third kappa shape index (κ3) is 6.26. The summed E-state index contributed by atoms with van der Waals surface area (Å²) in [5.41, 5.74) is 1.34. The number of amides is 1. The number of piperazine rings is 1. The summed E-state index contributed by atoms with van der Waals surface area (Å²) in [6.07, 6.45) is -1.57. The van der Waals surface area contributed by atoms with Crippen LogP contribution in [0.2, 0.25) is 0 Å². The molecule has 0 unspecified atom stereocenters. The third-order valence-electron chi connectivity index (χ3n) is 6.17. The molecule has 0 aliphatic carbocycles. The molecule has 1 aliphatic rings. The first-order valence-corrected chi connectivity index (χ1v) is 13.3. The van der Waals surface area contributed by atoms with Gasteiger partial charge in [-0.1, -0.05) is 6.07 Å². The molecule has 0 spiro atoms. The number of carbonyl (C=O) groups excluding carboxylic acids is 1. The number of H-pyrrole nitrogens is 1. The van der Waals surface area contributed by atoms with Gasteiger partial charge < -0.3 is 24.7 Å². The van der Waals surface area contributed by atoms with Gasteiger partial charge in [-0.15, -0.1) is 13.2 Å². The molecular weight excluding hydrogens is 527 g/mol. The fraction of sp³-hybridized carbons (Fsp3) is 0.417. The van der Waals surface area contributed by atoms with Crippen molar-refractivity contribution in [1.82, 2.24) is 24.5 Å². The van der Waals surface area contributed by atoms with Crippen molar-refractivity contribution in [3.8, 4) is 16.9 Å². The number of hydrogen-bond donors (Lipinski definition) is 2. The Hall–Kier alpha value is -3.20. The number of nitrogens with zero attached hydrogens (tertiary/aromatic N) is 3. The van der Waals surface area contributed by atoms with E-state index in [-0.39, 0.29) is 24.6 Å². The number of methoxy groups -OCH3 is 1. The number of aromatic amines is 1. The number of benzene rings is 1. The fourth-order valence-corrected chi connectivity index (χ4v) is 5.65. The quantitative estimate of drug-likeness (QED) is 0.390. The highest BCUT2D eigenvalue weighted by Gasteiger charge is 2.36. The van der Waals surface area contributed by atoms with Crippen LogP contribution in [0.5, 0.6) is 5.75 Å². The van der Waals surface area contributed by atoms with E-state index in [0.717, 1.165) is 16.4 Å². The molecule has 1 fully saturated rings. The van der Waals surface area contributed by atoms with Gasteiger partial charge in [0.25, 0.3) is 5.91 Å². The minimum Gasteiger partial charge on any atom is -0.404 e. The standard InChI is InChI=1S/C24H28F3N5O5S/c1-31-7-9-32(10-8-31)38(34,35)21-5-4-16(13-20(21)37-24(25,26)27)17-12-18-19(15-30-22(18)29-14-17)23(33)28-6-3-11-36-2/h4-5,12-15H,3,6-11H2,1-2H3,(H,28,33)(H,29,30). The summed E-state index contributed by atoms with van der Waals surface area (Å²) in [4.78, 5) is 21.2. The Morgan fingerprint density at radius 3 is 2.58 bits per heavy atom. The highest BCUT2D eigenvalue weighted by Crippen LogP contribution is 2.36. The molecule has 2 aromatic heterocycles. The van der Waals surface area contributed by atoms with E-state index < -0.39 is 27.0 Å². The average molecular weight is 556 g/mol. The van der Waals surface area contributed by atoms with E-state index >= 15 is 0 Å². The second-order valence-corrected chi connectivity index (χ2v) is 10.7. The van der Waals surface area contributed by atoms with Crippen molar-refractivity contribution in [2.75, 3.05) is 53.5 Å². The number of pyridine rings is 1. The zero-order chi connectivity index (χ0) is 27.5. The molecule has 0 saturated carbocycles. The van der Waals surface area contributed by atoms with Gasteiger partial charge in [-0.05, 0) is 37.2 Å². The number of likely N-dealkylation sites (N-methyl/N-ethyl adjacent to an activating group) is 1. The van der Waals surface area contributed by atoms with Crippen LogP contribution >= 0.6 is 0 Å². The average Bonchev–Trinajstić information content (AvgIpc) is 3.29. The minimum absolute atomic E-state index is 0.149. The number of ether oxygens (including phenoxy) is 2. The lowest BCUT2D eigenvalue weighted by Crippen LogP contribution is -2.47. The Morgan fingerprint density at radius 1 is 1.16 bits per heavy atom. The summed E-state index contributed by atoms with van der Waals surface area (Å²) < 4.78 is 76.6. The minimum atomic E-state index is -5.11. The second kappa shape index (κ2) is 11.3. The summed E-state index contributed by atoms with van der Waals surface area (Å²) in [6, 6.07) is 5.13. The summed E-state index contributed by atoms with van der Waals surface area (Å²) in [5, 5.41) is 3.24. The Balaban J connectivity index is 1.69. The van der Waals surface area contributed by atoms with Crippen LogP contribution < -0.4 is 10.1 Å². The SMILES string of the molecule is COCCCNC(=O)c1c[nH]c2ncc(-c3ccc(S(=O)(=O)N4CCN(C)CC4)c(OC(F)(F)F)c3)cc12. The van der Waals surface area contributed by atoms with Crippen LogP contribution in [0, 0.1) is 0 Å². The molecule has 0 atom stereocenters. The number of hydrogen-bond acceptors (Lipinski definition) is 7. The van der Waals surface area contributed by atoms with E-state index in [1.54, 1.807) is 13.2 Å². The maximum Gasteiger partial charge on any atom is 0.573 e. The molecule has 3 heterocycles. The second-order valence-electron chi connectivity index (χ2n) is 8.84. The molecule has 14 heteroatoms. The van der Waals surface area contributed by atoms with Crippen LogP contribution in [-0.4, -0.2) is 93.3 Å². The van der Waals surface area contributed by atoms with Crippen molar-refractivity contribution in [3.05, 3.63) is 42.2 Å². The first-order chi connectivity index (χ1) is 18.0. The monoisotopic (exact) mass is 555 g/mol. The molecular formula is C24H28F3N5O5S. The van der Waals surface area contributed by atoms with E-state index in [0.29, 0.717) is 54.8 Å². The van der Waals surface area contributed by atoms with Crippen molar-refractivity contribution >= 4 is 27.0 Å². The van der Waals surface area contributed by atoms with Gasteiger partial charge in [-0.25, -0.2) is 13.4 Å². The van der Waals surface area contributed by atoms with E-state index in [9.17, 15) is 26.4 Å². The number of halogens is 3.